The highest BCUT2D eigenvalue weighted by molar-refractivity contribution is 9.09. The largest absolute Gasteiger partial charge is 0.303 e. The number of hydrogen-bond donors (Lipinski definition) is 0. The molecule has 0 amide bonds. The summed E-state index contributed by atoms with van der Waals surface area (Å²) < 4.78 is 0. The maximum absolute atomic E-state index is 3.60. The third kappa shape index (κ3) is 3.90. The Hall–Kier alpha value is 0.440. The predicted octanol–water partition coefficient (Wildman–Crippen LogP) is 3.67. The first-order valence-corrected chi connectivity index (χ1v) is 6.93. The molecular weight excluding hydrogens is 238 g/mol. The van der Waals surface area contributed by atoms with Crippen molar-refractivity contribution in [1.82, 2.24) is 4.90 Å². The predicted molar refractivity (Wildman–Crippen MR) is 67.1 cm³/mol. The highest BCUT2D eigenvalue weighted by atomic mass is 79.9. The summed E-state index contributed by atoms with van der Waals surface area (Å²) in [4.78, 5) is 2.57. The molecule has 1 fully saturated rings. The van der Waals surface area contributed by atoms with Crippen LogP contribution in [0, 0.1) is 5.41 Å². The molecule has 0 N–H and O–H groups in total. The van der Waals surface area contributed by atoms with Gasteiger partial charge in [-0.1, -0.05) is 49.0 Å². The molecule has 0 saturated heterocycles. The fraction of sp³-hybridized carbons (Fsp3) is 1.00. The van der Waals surface area contributed by atoms with Gasteiger partial charge in [0.25, 0.3) is 0 Å². The van der Waals surface area contributed by atoms with Crippen LogP contribution in [0.1, 0.15) is 46.0 Å². The van der Waals surface area contributed by atoms with Gasteiger partial charge >= 0.3 is 0 Å². The van der Waals surface area contributed by atoms with E-state index in [2.05, 4.69) is 41.7 Å². The Labute approximate surface area is 97.4 Å². The van der Waals surface area contributed by atoms with Crippen molar-refractivity contribution in [2.24, 2.45) is 5.41 Å². The molecule has 1 saturated carbocycles. The van der Waals surface area contributed by atoms with E-state index in [-0.39, 0.29) is 0 Å². The normalized spacial score (nSPS) is 20.4. The molecule has 0 aromatic carbocycles. The Morgan fingerprint density at radius 3 is 2.29 bits per heavy atom. The topological polar surface area (TPSA) is 3.24 Å². The molecule has 14 heavy (non-hydrogen) atoms. The molecular formula is C12H24BrN. The SMILES string of the molecule is CN(CC(C)(C)CBr)C1CCCCC1. The summed E-state index contributed by atoms with van der Waals surface area (Å²) in [6.45, 7) is 5.88. The van der Waals surface area contributed by atoms with Crippen molar-refractivity contribution in [3.63, 3.8) is 0 Å². The molecule has 0 atom stereocenters. The number of rotatable bonds is 4. The Balaban J connectivity index is 2.36. The van der Waals surface area contributed by atoms with E-state index in [0.29, 0.717) is 5.41 Å². The third-order valence-corrected chi connectivity index (χ3v) is 4.76. The van der Waals surface area contributed by atoms with Crippen LogP contribution in [0.2, 0.25) is 0 Å². The van der Waals surface area contributed by atoms with Gasteiger partial charge in [0, 0.05) is 17.9 Å². The lowest BCUT2D eigenvalue weighted by Crippen LogP contribution is -2.40. The van der Waals surface area contributed by atoms with Crippen molar-refractivity contribution in [3.8, 4) is 0 Å². The zero-order chi connectivity index (χ0) is 10.6. The van der Waals surface area contributed by atoms with Crippen LogP contribution in [-0.2, 0) is 0 Å². The Bertz CT molecular complexity index is 162. The summed E-state index contributed by atoms with van der Waals surface area (Å²) in [6, 6.07) is 0.849. The van der Waals surface area contributed by atoms with Gasteiger partial charge < -0.3 is 4.90 Å². The zero-order valence-corrected chi connectivity index (χ0v) is 11.4. The lowest BCUT2D eigenvalue weighted by Gasteiger charge is -2.36. The molecule has 0 radical (unpaired) electrons. The standard InChI is InChI=1S/C12H24BrN/c1-12(2,9-13)10-14(3)11-7-5-4-6-8-11/h11H,4-10H2,1-3H3. The fourth-order valence-electron chi connectivity index (χ4n) is 2.37. The Morgan fingerprint density at radius 1 is 1.21 bits per heavy atom. The summed E-state index contributed by atoms with van der Waals surface area (Å²) in [6.07, 6.45) is 7.14. The van der Waals surface area contributed by atoms with Gasteiger partial charge in [-0.15, -0.1) is 0 Å². The van der Waals surface area contributed by atoms with E-state index >= 15 is 0 Å². The molecule has 0 aliphatic heterocycles. The summed E-state index contributed by atoms with van der Waals surface area (Å²) in [5, 5.41) is 1.09. The molecule has 0 spiro atoms. The maximum atomic E-state index is 3.60. The quantitative estimate of drug-likeness (QED) is 0.699. The molecule has 0 aromatic rings. The monoisotopic (exact) mass is 261 g/mol. The highest BCUT2D eigenvalue weighted by Gasteiger charge is 2.24. The summed E-state index contributed by atoms with van der Waals surface area (Å²) in [7, 11) is 2.29. The molecule has 0 heterocycles. The molecule has 1 nitrogen and oxygen atoms in total. The van der Waals surface area contributed by atoms with E-state index in [1.165, 1.54) is 38.6 Å². The van der Waals surface area contributed by atoms with Gasteiger partial charge in [-0.2, -0.15) is 0 Å². The van der Waals surface area contributed by atoms with E-state index in [9.17, 15) is 0 Å². The summed E-state index contributed by atoms with van der Waals surface area (Å²) in [5.74, 6) is 0. The van der Waals surface area contributed by atoms with E-state index in [1.807, 2.05) is 0 Å². The van der Waals surface area contributed by atoms with Gasteiger partial charge in [0.1, 0.15) is 0 Å². The number of hydrogen-bond acceptors (Lipinski definition) is 1. The van der Waals surface area contributed by atoms with Crippen molar-refractivity contribution < 1.29 is 0 Å². The Kier molecular flexibility index (Phi) is 4.92. The van der Waals surface area contributed by atoms with Gasteiger partial charge in [-0.25, -0.2) is 0 Å². The lowest BCUT2D eigenvalue weighted by molar-refractivity contribution is 0.144. The summed E-state index contributed by atoms with van der Waals surface area (Å²) >= 11 is 3.60. The number of nitrogens with zero attached hydrogens (tertiary/aromatic N) is 1. The molecule has 0 aromatic heterocycles. The highest BCUT2D eigenvalue weighted by Crippen LogP contribution is 2.26. The molecule has 1 aliphatic rings. The van der Waals surface area contributed by atoms with Gasteiger partial charge in [0.15, 0.2) is 0 Å². The average Bonchev–Trinajstić information content (AvgIpc) is 2.19. The van der Waals surface area contributed by atoms with Crippen LogP contribution in [0.15, 0.2) is 0 Å². The van der Waals surface area contributed by atoms with Crippen LogP contribution < -0.4 is 0 Å². The van der Waals surface area contributed by atoms with Gasteiger partial charge in [0.05, 0.1) is 0 Å². The van der Waals surface area contributed by atoms with Crippen molar-refractivity contribution >= 4 is 15.9 Å². The van der Waals surface area contributed by atoms with Crippen molar-refractivity contribution in [3.05, 3.63) is 0 Å². The molecule has 2 heteroatoms. The minimum absolute atomic E-state index is 0.409. The minimum atomic E-state index is 0.409. The van der Waals surface area contributed by atoms with Crippen LogP contribution in [0.3, 0.4) is 0 Å². The summed E-state index contributed by atoms with van der Waals surface area (Å²) in [5.41, 5.74) is 0.409. The van der Waals surface area contributed by atoms with Crippen LogP contribution in [0.4, 0.5) is 0 Å². The smallest absolute Gasteiger partial charge is 0.00949 e. The first-order valence-electron chi connectivity index (χ1n) is 5.81. The van der Waals surface area contributed by atoms with Gasteiger partial charge in [-0.05, 0) is 25.3 Å². The molecule has 0 unspecified atom stereocenters. The molecule has 1 rings (SSSR count). The van der Waals surface area contributed by atoms with E-state index in [1.54, 1.807) is 0 Å². The second kappa shape index (κ2) is 5.50. The second-order valence-electron chi connectivity index (χ2n) is 5.50. The van der Waals surface area contributed by atoms with E-state index < -0.39 is 0 Å². The van der Waals surface area contributed by atoms with Gasteiger partial charge in [0.2, 0.25) is 0 Å². The van der Waals surface area contributed by atoms with E-state index in [0.717, 1.165) is 11.4 Å². The van der Waals surface area contributed by atoms with Crippen LogP contribution >= 0.6 is 15.9 Å². The van der Waals surface area contributed by atoms with Crippen molar-refractivity contribution in [1.29, 1.82) is 0 Å². The fourth-order valence-corrected chi connectivity index (χ4v) is 2.55. The zero-order valence-electron chi connectivity index (χ0n) is 9.85. The maximum Gasteiger partial charge on any atom is 0.00949 e. The van der Waals surface area contributed by atoms with Crippen molar-refractivity contribution in [2.45, 2.75) is 52.0 Å². The number of halogens is 1. The third-order valence-electron chi connectivity index (χ3n) is 3.24. The van der Waals surface area contributed by atoms with Crippen LogP contribution in [-0.4, -0.2) is 29.9 Å². The number of alkyl halides is 1. The molecule has 0 bridgehead atoms. The van der Waals surface area contributed by atoms with E-state index in [4.69, 9.17) is 0 Å². The molecule has 84 valence electrons. The minimum Gasteiger partial charge on any atom is -0.303 e. The average molecular weight is 262 g/mol. The van der Waals surface area contributed by atoms with Crippen molar-refractivity contribution in [2.75, 3.05) is 18.9 Å². The first kappa shape index (κ1) is 12.5. The van der Waals surface area contributed by atoms with Gasteiger partial charge in [-0.3, -0.25) is 0 Å². The Morgan fingerprint density at radius 2 is 1.79 bits per heavy atom. The van der Waals surface area contributed by atoms with Crippen LogP contribution in [0.5, 0.6) is 0 Å². The first-order chi connectivity index (χ1) is 6.55. The van der Waals surface area contributed by atoms with Crippen LogP contribution in [0.25, 0.3) is 0 Å². The second-order valence-corrected chi connectivity index (χ2v) is 6.07. The molecule has 1 aliphatic carbocycles. The lowest BCUT2D eigenvalue weighted by atomic mass is 9.91.